The molecule has 2 aromatic rings. The first kappa shape index (κ1) is 12.6. The number of nitrogens with zero attached hydrogens (tertiary/aromatic N) is 4. The van der Waals surface area contributed by atoms with Gasteiger partial charge in [0, 0.05) is 19.2 Å². The Hall–Kier alpha value is -1.89. The van der Waals surface area contributed by atoms with Gasteiger partial charge in [0.15, 0.2) is 5.65 Å². The molecule has 0 saturated heterocycles. The summed E-state index contributed by atoms with van der Waals surface area (Å²) in [5, 5.41) is 8.97. The number of hydrogen-bond acceptors (Lipinski definition) is 3. The van der Waals surface area contributed by atoms with Crippen LogP contribution >= 0.6 is 0 Å². The van der Waals surface area contributed by atoms with Crippen LogP contribution in [0.3, 0.4) is 0 Å². The van der Waals surface area contributed by atoms with Crippen LogP contribution in [0.2, 0.25) is 0 Å². The number of imidazole rings is 1. The Morgan fingerprint density at radius 2 is 2.28 bits per heavy atom. The maximum atomic E-state index is 8.97. The largest absolute Gasteiger partial charge is 0.311 e. The zero-order valence-electron chi connectivity index (χ0n) is 11.1. The number of nitriles is 1. The van der Waals surface area contributed by atoms with Gasteiger partial charge < -0.3 is 4.57 Å². The maximum absolute atomic E-state index is 8.97. The van der Waals surface area contributed by atoms with Crippen LogP contribution in [0, 0.1) is 24.2 Å². The van der Waals surface area contributed by atoms with Crippen molar-refractivity contribution in [3.63, 3.8) is 0 Å². The molecule has 0 spiro atoms. The zero-order chi connectivity index (χ0) is 13.1. The van der Waals surface area contributed by atoms with Gasteiger partial charge in [-0.1, -0.05) is 6.92 Å². The normalized spacial score (nSPS) is 12.6. The van der Waals surface area contributed by atoms with E-state index in [0.29, 0.717) is 6.54 Å². The fourth-order valence-corrected chi connectivity index (χ4v) is 2.08. The van der Waals surface area contributed by atoms with E-state index >= 15 is 0 Å². The predicted molar refractivity (Wildman–Crippen MR) is 71.0 cm³/mol. The molecule has 94 valence electrons. The second-order valence-electron chi connectivity index (χ2n) is 4.77. The fourth-order valence-electron chi connectivity index (χ4n) is 2.08. The molecule has 0 radical (unpaired) electrons. The van der Waals surface area contributed by atoms with E-state index in [-0.39, 0.29) is 5.92 Å². The van der Waals surface area contributed by atoms with Crippen molar-refractivity contribution in [1.82, 2.24) is 14.5 Å². The number of pyridine rings is 1. The molecule has 0 fully saturated rings. The summed E-state index contributed by atoms with van der Waals surface area (Å²) in [4.78, 5) is 9.10. The number of hydrogen-bond donors (Lipinski definition) is 0. The van der Waals surface area contributed by atoms with Crippen molar-refractivity contribution >= 4 is 11.2 Å². The lowest BCUT2D eigenvalue weighted by Gasteiger charge is -2.09. The Bertz CT molecular complexity index is 592. The summed E-state index contributed by atoms with van der Waals surface area (Å²) in [6.45, 7) is 6.74. The highest BCUT2D eigenvalue weighted by Crippen LogP contribution is 2.18. The van der Waals surface area contributed by atoms with E-state index < -0.39 is 0 Å². The number of rotatable bonds is 4. The Morgan fingerprint density at radius 3 is 2.94 bits per heavy atom. The molecule has 0 bridgehead atoms. The quantitative estimate of drug-likeness (QED) is 0.828. The van der Waals surface area contributed by atoms with Gasteiger partial charge in [0.2, 0.25) is 0 Å². The third kappa shape index (κ3) is 2.35. The molecule has 0 aromatic carbocycles. The van der Waals surface area contributed by atoms with Crippen molar-refractivity contribution < 1.29 is 0 Å². The van der Waals surface area contributed by atoms with Crippen molar-refractivity contribution in [3.8, 4) is 6.07 Å². The summed E-state index contributed by atoms with van der Waals surface area (Å²) in [6, 6.07) is 4.32. The van der Waals surface area contributed by atoms with E-state index in [4.69, 9.17) is 5.26 Å². The molecule has 4 nitrogen and oxygen atoms in total. The standard InChI is InChI=1S/C14H18N4/c1-4-5-13-17-12-6-10(2)8-16-14(12)18(13)9-11(3)7-15/h6,8,11H,4-5,9H2,1-3H3. The van der Waals surface area contributed by atoms with Crippen molar-refractivity contribution in [1.29, 1.82) is 5.26 Å². The topological polar surface area (TPSA) is 54.5 Å². The average Bonchev–Trinajstić information content (AvgIpc) is 2.67. The van der Waals surface area contributed by atoms with E-state index in [1.807, 2.05) is 20.0 Å². The van der Waals surface area contributed by atoms with E-state index in [0.717, 1.165) is 35.4 Å². The van der Waals surface area contributed by atoms with Crippen LogP contribution in [0.5, 0.6) is 0 Å². The molecule has 4 heteroatoms. The second-order valence-corrected chi connectivity index (χ2v) is 4.77. The zero-order valence-corrected chi connectivity index (χ0v) is 11.1. The Labute approximate surface area is 107 Å². The molecule has 2 aromatic heterocycles. The first-order valence-corrected chi connectivity index (χ1v) is 6.37. The van der Waals surface area contributed by atoms with Crippen LogP contribution in [0.1, 0.15) is 31.7 Å². The summed E-state index contributed by atoms with van der Waals surface area (Å²) >= 11 is 0. The molecule has 2 rings (SSSR count). The lowest BCUT2D eigenvalue weighted by atomic mass is 10.2. The van der Waals surface area contributed by atoms with Crippen molar-refractivity contribution in [2.75, 3.05) is 0 Å². The van der Waals surface area contributed by atoms with Gasteiger partial charge in [-0.15, -0.1) is 0 Å². The van der Waals surface area contributed by atoms with E-state index in [1.54, 1.807) is 0 Å². The molecule has 0 aliphatic rings. The third-order valence-electron chi connectivity index (χ3n) is 2.95. The van der Waals surface area contributed by atoms with Crippen molar-refractivity contribution in [2.24, 2.45) is 5.92 Å². The van der Waals surface area contributed by atoms with Gasteiger partial charge in [-0.25, -0.2) is 9.97 Å². The van der Waals surface area contributed by atoms with Gasteiger partial charge in [-0.2, -0.15) is 5.26 Å². The molecule has 0 amide bonds. The van der Waals surface area contributed by atoms with Crippen LogP contribution < -0.4 is 0 Å². The molecule has 1 atom stereocenters. The third-order valence-corrected chi connectivity index (χ3v) is 2.95. The number of aryl methyl sites for hydroxylation is 2. The summed E-state index contributed by atoms with van der Waals surface area (Å²) in [5.74, 6) is 1.01. The highest BCUT2D eigenvalue weighted by molar-refractivity contribution is 5.72. The van der Waals surface area contributed by atoms with Gasteiger partial charge in [-0.05, 0) is 31.9 Å². The molecule has 0 aliphatic carbocycles. The van der Waals surface area contributed by atoms with E-state index in [9.17, 15) is 0 Å². The fraction of sp³-hybridized carbons (Fsp3) is 0.500. The lowest BCUT2D eigenvalue weighted by Crippen LogP contribution is -2.10. The highest BCUT2D eigenvalue weighted by Gasteiger charge is 2.13. The minimum absolute atomic E-state index is 0.0268. The Morgan fingerprint density at radius 1 is 1.50 bits per heavy atom. The molecule has 0 saturated carbocycles. The smallest absolute Gasteiger partial charge is 0.160 e. The number of aromatic nitrogens is 3. The summed E-state index contributed by atoms with van der Waals surface area (Å²) in [6.07, 6.45) is 3.82. The summed E-state index contributed by atoms with van der Waals surface area (Å²) in [5.41, 5.74) is 2.94. The monoisotopic (exact) mass is 242 g/mol. The summed E-state index contributed by atoms with van der Waals surface area (Å²) in [7, 11) is 0. The van der Waals surface area contributed by atoms with Crippen molar-refractivity contribution in [3.05, 3.63) is 23.7 Å². The highest BCUT2D eigenvalue weighted by atomic mass is 15.1. The van der Waals surface area contributed by atoms with Crippen LogP contribution in [0.4, 0.5) is 0 Å². The summed E-state index contributed by atoms with van der Waals surface area (Å²) < 4.78 is 2.09. The van der Waals surface area contributed by atoms with Gasteiger partial charge in [-0.3, -0.25) is 0 Å². The average molecular weight is 242 g/mol. The van der Waals surface area contributed by atoms with Gasteiger partial charge >= 0.3 is 0 Å². The molecular formula is C14H18N4. The van der Waals surface area contributed by atoms with Crippen molar-refractivity contribution in [2.45, 2.75) is 40.2 Å². The molecule has 0 N–H and O–H groups in total. The molecule has 18 heavy (non-hydrogen) atoms. The van der Waals surface area contributed by atoms with Crippen LogP contribution in [0.15, 0.2) is 12.3 Å². The first-order valence-electron chi connectivity index (χ1n) is 6.37. The SMILES string of the molecule is CCCc1nc2cc(C)cnc2n1CC(C)C#N. The van der Waals surface area contributed by atoms with Gasteiger partial charge in [0.1, 0.15) is 11.3 Å². The van der Waals surface area contributed by atoms with E-state index in [2.05, 4.69) is 33.6 Å². The van der Waals surface area contributed by atoms with Crippen LogP contribution in [-0.4, -0.2) is 14.5 Å². The molecular weight excluding hydrogens is 224 g/mol. The maximum Gasteiger partial charge on any atom is 0.160 e. The number of fused-ring (bicyclic) bond motifs is 1. The van der Waals surface area contributed by atoms with Gasteiger partial charge in [0.05, 0.1) is 12.0 Å². The van der Waals surface area contributed by atoms with Crippen LogP contribution in [0.25, 0.3) is 11.2 Å². The Balaban J connectivity index is 2.52. The molecule has 1 unspecified atom stereocenters. The van der Waals surface area contributed by atoms with Gasteiger partial charge in [0.25, 0.3) is 0 Å². The lowest BCUT2D eigenvalue weighted by molar-refractivity contribution is 0.563. The minimum atomic E-state index is -0.0268. The predicted octanol–water partition coefficient (Wildman–Crippen LogP) is 2.85. The first-order chi connectivity index (χ1) is 8.65. The van der Waals surface area contributed by atoms with Crippen LogP contribution in [-0.2, 0) is 13.0 Å². The Kier molecular flexibility index (Phi) is 3.61. The second kappa shape index (κ2) is 5.18. The minimum Gasteiger partial charge on any atom is -0.311 e. The molecule has 0 aliphatic heterocycles. The molecule has 2 heterocycles. The van der Waals surface area contributed by atoms with E-state index in [1.165, 1.54) is 0 Å².